The van der Waals surface area contributed by atoms with E-state index in [-0.39, 0.29) is 0 Å². The first-order valence-corrected chi connectivity index (χ1v) is 6.10. The summed E-state index contributed by atoms with van der Waals surface area (Å²) in [6.07, 6.45) is 6.43. The predicted molar refractivity (Wildman–Crippen MR) is 63.5 cm³/mol. The first-order valence-electron chi connectivity index (χ1n) is 6.10. The highest BCUT2D eigenvalue weighted by Crippen LogP contribution is 2.28. The maximum atomic E-state index is 4.45. The molecule has 1 aromatic heterocycles. The van der Waals surface area contributed by atoms with Crippen molar-refractivity contribution in [2.75, 3.05) is 24.5 Å². The molecule has 16 heavy (non-hydrogen) atoms. The third-order valence-corrected chi connectivity index (χ3v) is 3.70. The van der Waals surface area contributed by atoms with E-state index in [1.54, 1.807) is 0 Å². The number of anilines is 1. The van der Waals surface area contributed by atoms with E-state index in [4.69, 9.17) is 0 Å². The molecule has 0 amide bonds. The van der Waals surface area contributed by atoms with Crippen LogP contribution in [-0.4, -0.2) is 35.6 Å². The fraction of sp³-hybridized carbons (Fsp3) is 0.667. The normalized spacial score (nSPS) is 29.2. The van der Waals surface area contributed by atoms with Gasteiger partial charge in [-0.1, -0.05) is 0 Å². The summed E-state index contributed by atoms with van der Waals surface area (Å²) in [5.41, 5.74) is 1.13. The molecule has 0 saturated carbocycles. The number of hydrogen-bond acceptors (Lipinski definition) is 4. The Labute approximate surface area is 96.1 Å². The van der Waals surface area contributed by atoms with Crippen LogP contribution in [0.15, 0.2) is 12.4 Å². The number of nitrogens with one attached hydrogen (secondary N) is 1. The Hall–Kier alpha value is -1.16. The lowest BCUT2D eigenvalue weighted by atomic mass is 9.92. The van der Waals surface area contributed by atoms with E-state index in [0.29, 0.717) is 6.04 Å². The van der Waals surface area contributed by atoms with E-state index in [9.17, 15) is 0 Å². The van der Waals surface area contributed by atoms with E-state index < -0.39 is 0 Å². The summed E-state index contributed by atoms with van der Waals surface area (Å²) in [6, 6.07) is 0.608. The van der Waals surface area contributed by atoms with E-state index >= 15 is 0 Å². The van der Waals surface area contributed by atoms with Crippen LogP contribution >= 0.6 is 0 Å². The van der Waals surface area contributed by atoms with Crippen molar-refractivity contribution in [3.8, 4) is 0 Å². The summed E-state index contributed by atoms with van der Waals surface area (Å²) < 4.78 is 0. The Morgan fingerprint density at radius 2 is 2.12 bits per heavy atom. The highest BCUT2D eigenvalue weighted by Gasteiger charge is 2.35. The van der Waals surface area contributed by atoms with Crippen LogP contribution in [0, 0.1) is 12.8 Å². The number of piperidine rings is 1. The lowest BCUT2D eigenvalue weighted by Crippen LogP contribution is -2.46. The quantitative estimate of drug-likeness (QED) is 0.762. The lowest BCUT2D eigenvalue weighted by Gasteiger charge is -2.36. The molecule has 2 aliphatic rings. The molecule has 2 unspecified atom stereocenters. The average Bonchev–Trinajstić information content (AvgIpc) is 2.78. The van der Waals surface area contributed by atoms with Gasteiger partial charge in [0.15, 0.2) is 0 Å². The second kappa shape index (κ2) is 4.01. The number of hydrogen-bond donors (Lipinski definition) is 1. The molecule has 1 aromatic rings. The molecule has 2 atom stereocenters. The predicted octanol–water partition coefficient (Wildman–Crippen LogP) is 0.973. The van der Waals surface area contributed by atoms with Crippen molar-refractivity contribution in [1.82, 2.24) is 15.3 Å². The number of rotatable bonds is 1. The molecule has 86 valence electrons. The number of fused-ring (bicyclic) bond motifs is 1. The van der Waals surface area contributed by atoms with Gasteiger partial charge in [0.05, 0.1) is 0 Å². The fourth-order valence-electron chi connectivity index (χ4n) is 2.85. The molecule has 0 bridgehead atoms. The molecule has 3 heterocycles. The van der Waals surface area contributed by atoms with Crippen LogP contribution in [0.4, 0.5) is 5.95 Å². The van der Waals surface area contributed by atoms with Gasteiger partial charge in [-0.2, -0.15) is 0 Å². The molecule has 3 rings (SSSR count). The minimum atomic E-state index is 0.608. The van der Waals surface area contributed by atoms with Crippen LogP contribution in [0.2, 0.25) is 0 Å². The maximum absolute atomic E-state index is 4.45. The Morgan fingerprint density at radius 3 is 2.94 bits per heavy atom. The van der Waals surface area contributed by atoms with Crippen molar-refractivity contribution in [3.05, 3.63) is 18.0 Å². The summed E-state index contributed by atoms with van der Waals surface area (Å²) >= 11 is 0. The Morgan fingerprint density at radius 1 is 1.31 bits per heavy atom. The van der Waals surface area contributed by atoms with Gasteiger partial charge in [-0.25, -0.2) is 9.97 Å². The van der Waals surface area contributed by atoms with Gasteiger partial charge in [0.1, 0.15) is 0 Å². The van der Waals surface area contributed by atoms with Gasteiger partial charge in [-0.05, 0) is 31.2 Å². The van der Waals surface area contributed by atoms with E-state index in [0.717, 1.165) is 37.1 Å². The van der Waals surface area contributed by atoms with Gasteiger partial charge in [0, 0.05) is 38.1 Å². The van der Waals surface area contributed by atoms with Crippen LogP contribution in [0.5, 0.6) is 0 Å². The summed E-state index contributed by atoms with van der Waals surface area (Å²) in [4.78, 5) is 11.3. The number of aryl methyl sites for hydroxylation is 1. The fourth-order valence-corrected chi connectivity index (χ4v) is 2.85. The van der Waals surface area contributed by atoms with Crippen molar-refractivity contribution in [3.63, 3.8) is 0 Å². The molecule has 0 radical (unpaired) electrons. The monoisotopic (exact) mass is 218 g/mol. The molecule has 1 N–H and O–H groups in total. The van der Waals surface area contributed by atoms with Crippen molar-refractivity contribution < 1.29 is 0 Å². The Balaban J connectivity index is 1.85. The van der Waals surface area contributed by atoms with Crippen molar-refractivity contribution in [1.29, 1.82) is 0 Å². The summed E-state index contributed by atoms with van der Waals surface area (Å²) in [5.74, 6) is 1.70. The van der Waals surface area contributed by atoms with Gasteiger partial charge in [-0.15, -0.1) is 0 Å². The van der Waals surface area contributed by atoms with Crippen LogP contribution in [-0.2, 0) is 0 Å². The summed E-state index contributed by atoms with van der Waals surface area (Å²) in [7, 11) is 0. The first kappa shape index (κ1) is 10.0. The first-order chi connectivity index (χ1) is 7.84. The number of nitrogens with zero attached hydrogens (tertiary/aromatic N) is 3. The van der Waals surface area contributed by atoms with Crippen LogP contribution in [0.3, 0.4) is 0 Å². The molecular weight excluding hydrogens is 200 g/mol. The van der Waals surface area contributed by atoms with Crippen LogP contribution in [0.25, 0.3) is 0 Å². The topological polar surface area (TPSA) is 41.1 Å². The molecule has 2 saturated heterocycles. The molecule has 4 heteroatoms. The molecule has 2 aliphatic heterocycles. The van der Waals surface area contributed by atoms with Crippen LogP contribution < -0.4 is 10.2 Å². The molecule has 0 aliphatic carbocycles. The highest BCUT2D eigenvalue weighted by molar-refractivity contribution is 5.34. The largest absolute Gasteiger partial charge is 0.336 e. The van der Waals surface area contributed by atoms with Gasteiger partial charge in [0.2, 0.25) is 5.95 Å². The van der Waals surface area contributed by atoms with Gasteiger partial charge < -0.3 is 10.2 Å². The van der Waals surface area contributed by atoms with Gasteiger partial charge in [0.25, 0.3) is 0 Å². The Kier molecular flexibility index (Phi) is 2.52. The van der Waals surface area contributed by atoms with E-state index in [2.05, 4.69) is 20.2 Å². The second-order valence-corrected chi connectivity index (χ2v) is 4.88. The Bertz CT molecular complexity index is 362. The lowest BCUT2D eigenvalue weighted by molar-refractivity contribution is 0.381. The maximum Gasteiger partial charge on any atom is 0.225 e. The van der Waals surface area contributed by atoms with E-state index in [1.807, 2.05) is 19.3 Å². The third-order valence-electron chi connectivity index (χ3n) is 3.70. The van der Waals surface area contributed by atoms with Gasteiger partial charge >= 0.3 is 0 Å². The SMILES string of the molecule is Cc1cnc(N2CCCC3CNCC32)nc1. The van der Waals surface area contributed by atoms with Crippen molar-refractivity contribution in [2.24, 2.45) is 5.92 Å². The molecule has 0 aromatic carbocycles. The highest BCUT2D eigenvalue weighted by atomic mass is 15.3. The minimum absolute atomic E-state index is 0.608. The smallest absolute Gasteiger partial charge is 0.225 e. The zero-order valence-electron chi connectivity index (χ0n) is 9.69. The molecule has 0 spiro atoms. The minimum Gasteiger partial charge on any atom is -0.336 e. The standard InChI is InChI=1S/C12H18N4/c1-9-5-14-12(15-6-9)16-4-2-3-10-7-13-8-11(10)16/h5-6,10-11,13H,2-4,7-8H2,1H3. The number of aromatic nitrogens is 2. The molecule has 2 fully saturated rings. The zero-order chi connectivity index (χ0) is 11.0. The molecule has 4 nitrogen and oxygen atoms in total. The molecular formula is C12H18N4. The van der Waals surface area contributed by atoms with Gasteiger partial charge in [-0.3, -0.25) is 0 Å². The van der Waals surface area contributed by atoms with Crippen LogP contribution in [0.1, 0.15) is 18.4 Å². The third kappa shape index (κ3) is 1.67. The van der Waals surface area contributed by atoms with Crippen molar-refractivity contribution >= 4 is 5.95 Å². The second-order valence-electron chi connectivity index (χ2n) is 4.88. The zero-order valence-corrected chi connectivity index (χ0v) is 9.69. The average molecular weight is 218 g/mol. The van der Waals surface area contributed by atoms with E-state index in [1.165, 1.54) is 12.8 Å². The van der Waals surface area contributed by atoms with Crippen molar-refractivity contribution in [2.45, 2.75) is 25.8 Å². The summed E-state index contributed by atoms with van der Waals surface area (Å²) in [6.45, 7) is 5.38. The summed E-state index contributed by atoms with van der Waals surface area (Å²) in [5, 5.41) is 3.48.